The number of halogens is 2. The van der Waals surface area contributed by atoms with Crippen LogP contribution in [-0.4, -0.2) is 63.2 Å². The third kappa shape index (κ3) is 4.00. The summed E-state index contributed by atoms with van der Waals surface area (Å²) in [5.41, 5.74) is -0.932. The predicted molar refractivity (Wildman–Crippen MR) is 113 cm³/mol. The molecule has 1 unspecified atom stereocenters. The molecule has 8 nitrogen and oxygen atoms in total. The summed E-state index contributed by atoms with van der Waals surface area (Å²) in [4.78, 5) is 34.3. The molecule has 4 rings (SSSR count). The Hall–Kier alpha value is -3.18. The summed E-state index contributed by atoms with van der Waals surface area (Å²) in [5.74, 6) is -2.63. The van der Waals surface area contributed by atoms with Crippen molar-refractivity contribution in [3.8, 4) is 0 Å². The third-order valence-corrected chi connectivity index (χ3v) is 6.43. The molecule has 2 aliphatic heterocycles. The lowest BCUT2D eigenvalue weighted by atomic mass is 9.82. The fourth-order valence-corrected chi connectivity index (χ4v) is 4.75. The molecule has 11 heteroatoms. The first-order valence-corrected chi connectivity index (χ1v) is 10.7. The molecule has 1 aromatic carbocycles. The Balaban J connectivity index is 1.84. The van der Waals surface area contributed by atoms with E-state index >= 15 is 0 Å². The van der Waals surface area contributed by atoms with Crippen LogP contribution in [-0.2, 0) is 15.1 Å². The fourth-order valence-electron chi connectivity index (χ4n) is 4.17. The van der Waals surface area contributed by atoms with Crippen LogP contribution in [0.1, 0.15) is 23.9 Å². The minimum atomic E-state index is -1.42. The second kappa shape index (κ2) is 8.40. The van der Waals surface area contributed by atoms with Crippen molar-refractivity contribution in [1.82, 2.24) is 15.2 Å². The van der Waals surface area contributed by atoms with Crippen molar-refractivity contribution in [3.63, 3.8) is 0 Å². The number of carboxylic acids is 2. The van der Waals surface area contributed by atoms with Gasteiger partial charge in [-0.25, -0.2) is 23.6 Å². The summed E-state index contributed by atoms with van der Waals surface area (Å²) >= 11 is 1.29. The van der Waals surface area contributed by atoms with E-state index in [1.807, 2.05) is 0 Å². The molecule has 0 aliphatic carbocycles. The van der Waals surface area contributed by atoms with Crippen LogP contribution in [0.4, 0.5) is 8.78 Å². The molecule has 0 bridgehead atoms. The average molecular weight is 462 g/mol. The highest BCUT2D eigenvalue weighted by atomic mass is 32.1. The van der Waals surface area contributed by atoms with Gasteiger partial charge in [0.05, 0.1) is 5.57 Å². The molecule has 2 aromatic rings. The largest absolute Gasteiger partial charge is 0.480 e. The van der Waals surface area contributed by atoms with E-state index in [1.165, 1.54) is 40.5 Å². The number of hydrogen-bond acceptors (Lipinski definition) is 7. The zero-order valence-electron chi connectivity index (χ0n) is 17.0. The molecular formula is C21H20F2N4O4S. The minimum absolute atomic E-state index is 0.129. The van der Waals surface area contributed by atoms with Gasteiger partial charge in [0.25, 0.3) is 0 Å². The number of aromatic nitrogens is 1. The van der Waals surface area contributed by atoms with E-state index in [2.05, 4.69) is 15.3 Å². The van der Waals surface area contributed by atoms with Gasteiger partial charge < -0.3 is 15.5 Å². The van der Waals surface area contributed by atoms with Crippen molar-refractivity contribution in [2.45, 2.75) is 31.1 Å². The number of nitrogens with one attached hydrogen (secondary N) is 1. The van der Waals surface area contributed by atoms with Gasteiger partial charge in [0.2, 0.25) is 0 Å². The maximum Gasteiger partial charge on any atom is 0.336 e. The molecule has 0 radical (unpaired) electrons. The number of amidine groups is 1. The molecule has 0 spiro atoms. The molecule has 0 amide bonds. The van der Waals surface area contributed by atoms with Gasteiger partial charge in [0.1, 0.15) is 23.6 Å². The number of aliphatic imine (C=N–C) groups is 1. The summed E-state index contributed by atoms with van der Waals surface area (Å²) < 4.78 is 27.6. The minimum Gasteiger partial charge on any atom is -0.480 e. The summed E-state index contributed by atoms with van der Waals surface area (Å²) in [6.45, 7) is 1.32. The Morgan fingerprint density at radius 2 is 2.03 bits per heavy atom. The second-order valence-electron chi connectivity index (χ2n) is 7.78. The number of nitrogens with zero attached hydrogens (tertiary/aromatic N) is 3. The lowest BCUT2D eigenvalue weighted by Gasteiger charge is -2.35. The molecule has 32 heavy (non-hydrogen) atoms. The smallest absolute Gasteiger partial charge is 0.336 e. The van der Waals surface area contributed by atoms with Gasteiger partial charge in [0.15, 0.2) is 10.8 Å². The van der Waals surface area contributed by atoms with Crippen LogP contribution in [0.5, 0.6) is 0 Å². The van der Waals surface area contributed by atoms with Crippen LogP contribution in [0.2, 0.25) is 0 Å². The highest BCUT2D eigenvalue weighted by molar-refractivity contribution is 7.11. The number of likely N-dealkylation sites (tertiary alicyclic amines) is 1. The van der Waals surface area contributed by atoms with E-state index in [0.29, 0.717) is 16.4 Å². The molecule has 3 atom stereocenters. The topological polar surface area (TPSA) is 115 Å². The lowest BCUT2D eigenvalue weighted by Crippen LogP contribution is -2.46. The highest BCUT2D eigenvalue weighted by Gasteiger charge is 2.44. The van der Waals surface area contributed by atoms with Crippen LogP contribution < -0.4 is 5.32 Å². The Bertz CT molecular complexity index is 1100. The lowest BCUT2D eigenvalue weighted by molar-refractivity contribution is -0.142. The van der Waals surface area contributed by atoms with E-state index in [1.54, 1.807) is 18.5 Å². The number of carbonyl (C=O) groups is 2. The van der Waals surface area contributed by atoms with Gasteiger partial charge in [-0.15, -0.1) is 11.3 Å². The van der Waals surface area contributed by atoms with E-state index in [0.717, 1.165) is 0 Å². The van der Waals surface area contributed by atoms with Gasteiger partial charge in [-0.3, -0.25) is 9.69 Å². The van der Waals surface area contributed by atoms with E-state index in [9.17, 15) is 28.6 Å². The quantitative estimate of drug-likeness (QED) is 0.604. The maximum atomic E-state index is 14.0. The summed E-state index contributed by atoms with van der Waals surface area (Å²) in [7, 11) is 0. The van der Waals surface area contributed by atoms with Crippen LogP contribution in [0.3, 0.4) is 0 Å². The molecule has 3 N–H and O–H groups in total. The normalized spacial score (nSPS) is 26.0. The molecule has 1 fully saturated rings. The van der Waals surface area contributed by atoms with Crippen molar-refractivity contribution in [1.29, 1.82) is 0 Å². The first kappa shape index (κ1) is 22.0. The van der Waals surface area contributed by atoms with Crippen molar-refractivity contribution in [3.05, 3.63) is 63.5 Å². The first-order chi connectivity index (χ1) is 15.2. The SMILES string of the molecule is CC1(c2ccc(F)cc2)N=C(c2nccs2)NC(CN2C[C@@H](F)C[C@H]2C(=O)O)=C1C(=O)O. The number of rotatable bonds is 6. The molecular weight excluding hydrogens is 442 g/mol. The van der Waals surface area contributed by atoms with Crippen LogP contribution in [0, 0.1) is 5.82 Å². The number of aliphatic carboxylic acids is 2. The molecule has 3 heterocycles. The fraction of sp³-hybridized carbons (Fsp3) is 0.333. The van der Waals surface area contributed by atoms with E-state index in [4.69, 9.17) is 0 Å². The Labute approximate surface area is 185 Å². The van der Waals surface area contributed by atoms with Crippen molar-refractivity contribution >= 4 is 29.1 Å². The zero-order valence-corrected chi connectivity index (χ0v) is 17.8. The monoisotopic (exact) mass is 462 g/mol. The number of benzene rings is 1. The van der Waals surface area contributed by atoms with E-state index < -0.39 is 35.5 Å². The number of thiazole rings is 1. The summed E-state index contributed by atoms with van der Waals surface area (Å²) in [6, 6.07) is 4.27. The number of carboxylic acid groups (broad SMARTS) is 2. The Morgan fingerprint density at radius 1 is 1.31 bits per heavy atom. The molecule has 2 aliphatic rings. The van der Waals surface area contributed by atoms with Crippen LogP contribution in [0.25, 0.3) is 0 Å². The van der Waals surface area contributed by atoms with Crippen molar-refractivity contribution < 1.29 is 28.6 Å². The molecule has 1 aromatic heterocycles. The van der Waals surface area contributed by atoms with Gasteiger partial charge in [-0.05, 0) is 24.6 Å². The third-order valence-electron chi connectivity index (χ3n) is 5.65. The molecule has 0 saturated carbocycles. The Morgan fingerprint density at radius 3 is 2.62 bits per heavy atom. The predicted octanol–water partition coefficient (Wildman–Crippen LogP) is 2.38. The molecule has 168 valence electrons. The maximum absolute atomic E-state index is 14.0. The Kier molecular flexibility index (Phi) is 5.78. The van der Waals surface area contributed by atoms with E-state index in [-0.39, 0.29) is 30.8 Å². The number of alkyl halides is 1. The number of hydrogen-bond donors (Lipinski definition) is 3. The van der Waals surface area contributed by atoms with Gasteiger partial charge in [-0.2, -0.15) is 0 Å². The highest BCUT2D eigenvalue weighted by Crippen LogP contribution is 2.39. The second-order valence-corrected chi connectivity index (χ2v) is 8.67. The van der Waals surface area contributed by atoms with Crippen LogP contribution in [0.15, 0.2) is 52.1 Å². The standard InChI is InChI=1S/C21H20F2N4O4S/c1-21(11-2-4-12(22)5-3-11)16(20(30)31)14(25-17(26-21)18-24-6-7-32-18)10-27-9-13(23)8-15(27)19(28)29/h2-7,13,15H,8-10H2,1H3,(H,25,26)(H,28,29)(H,30,31)/t13-,15-,21?/m0/s1. The van der Waals surface area contributed by atoms with Crippen LogP contribution >= 0.6 is 11.3 Å². The van der Waals surface area contributed by atoms with Crippen molar-refractivity contribution in [2.75, 3.05) is 13.1 Å². The molecule has 1 saturated heterocycles. The van der Waals surface area contributed by atoms with Crippen molar-refractivity contribution in [2.24, 2.45) is 4.99 Å². The summed E-state index contributed by atoms with van der Waals surface area (Å²) in [6.07, 6.45) is 0.0711. The zero-order chi connectivity index (χ0) is 23.0. The van der Waals surface area contributed by atoms with Gasteiger partial charge in [0, 0.05) is 36.8 Å². The first-order valence-electron chi connectivity index (χ1n) is 9.79. The average Bonchev–Trinajstić information content (AvgIpc) is 3.37. The van der Waals surface area contributed by atoms with Gasteiger partial charge >= 0.3 is 11.9 Å². The van der Waals surface area contributed by atoms with Gasteiger partial charge in [-0.1, -0.05) is 12.1 Å². The summed E-state index contributed by atoms with van der Waals surface area (Å²) in [5, 5.41) is 24.8.